The van der Waals surface area contributed by atoms with Crippen LogP contribution in [0, 0.1) is 0 Å². The SMILES string of the molecule is O=S(=O)(Nc1ccc(CCNC[C@H](O)c2cccnc2)cc1)c1ccc(-c2noc(CCCc3ccccc3)n2)cc1. The molecular weight excluding hydrogens is 550 g/mol. The number of aliphatic hydroxyl groups excluding tert-OH is 1. The Balaban J connectivity index is 1.09. The molecule has 0 spiro atoms. The number of anilines is 1. The summed E-state index contributed by atoms with van der Waals surface area (Å²) >= 11 is 0. The first-order valence-electron chi connectivity index (χ1n) is 13.8. The van der Waals surface area contributed by atoms with Crippen molar-refractivity contribution in [2.24, 2.45) is 0 Å². The number of hydrogen-bond acceptors (Lipinski definition) is 8. The summed E-state index contributed by atoms with van der Waals surface area (Å²) < 4.78 is 34.0. The number of hydrogen-bond donors (Lipinski definition) is 3. The predicted molar refractivity (Wildman–Crippen MR) is 161 cm³/mol. The summed E-state index contributed by atoms with van der Waals surface area (Å²) in [6.07, 6.45) is 5.93. The van der Waals surface area contributed by atoms with Gasteiger partial charge in [-0.3, -0.25) is 9.71 Å². The maximum atomic E-state index is 13.0. The van der Waals surface area contributed by atoms with Gasteiger partial charge in [0.15, 0.2) is 0 Å². The van der Waals surface area contributed by atoms with Crippen molar-refractivity contribution in [2.45, 2.75) is 36.7 Å². The molecular formula is C32H33N5O4S. The van der Waals surface area contributed by atoms with Crippen LogP contribution in [0.15, 0.2) is 113 Å². The fourth-order valence-corrected chi connectivity index (χ4v) is 5.52. The predicted octanol–water partition coefficient (Wildman–Crippen LogP) is 4.97. The van der Waals surface area contributed by atoms with Gasteiger partial charge >= 0.3 is 0 Å². The van der Waals surface area contributed by atoms with Crippen LogP contribution in [0.25, 0.3) is 11.4 Å². The first-order chi connectivity index (χ1) is 20.5. The Bertz CT molecular complexity index is 1640. The molecule has 0 fully saturated rings. The number of aryl methyl sites for hydroxylation is 2. The van der Waals surface area contributed by atoms with Gasteiger partial charge in [-0.2, -0.15) is 4.98 Å². The van der Waals surface area contributed by atoms with Gasteiger partial charge in [0.1, 0.15) is 0 Å². The van der Waals surface area contributed by atoms with Gasteiger partial charge in [0.2, 0.25) is 11.7 Å². The highest BCUT2D eigenvalue weighted by molar-refractivity contribution is 7.92. The molecule has 3 N–H and O–H groups in total. The van der Waals surface area contributed by atoms with Crippen LogP contribution >= 0.6 is 0 Å². The summed E-state index contributed by atoms with van der Waals surface area (Å²) in [5.41, 5.74) is 4.23. The van der Waals surface area contributed by atoms with Crippen molar-refractivity contribution >= 4 is 15.7 Å². The first-order valence-corrected chi connectivity index (χ1v) is 15.3. The zero-order chi connectivity index (χ0) is 29.2. The van der Waals surface area contributed by atoms with E-state index in [4.69, 9.17) is 4.52 Å². The van der Waals surface area contributed by atoms with E-state index in [-0.39, 0.29) is 4.90 Å². The second-order valence-electron chi connectivity index (χ2n) is 9.93. The lowest BCUT2D eigenvalue weighted by molar-refractivity contribution is 0.174. The maximum absolute atomic E-state index is 13.0. The third-order valence-corrected chi connectivity index (χ3v) is 8.19. The van der Waals surface area contributed by atoms with Crippen molar-refractivity contribution in [1.82, 2.24) is 20.4 Å². The van der Waals surface area contributed by atoms with Gasteiger partial charge in [0, 0.05) is 42.2 Å². The standard InChI is InChI=1S/C32H33N5O4S/c38-30(27-9-5-20-33-22-27)23-34-21-19-25-11-15-28(16-12-25)37-42(39,40)29-17-13-26(14-18-29)32-35-31(41-36-32)10-4-8-24-6-2-1-3-7-24/h1-3,5-7,9,11-18,20,22,30,34,37-38H,4,8,10,19,21,23H2/t30-/m0/s1. The van der Waals surface area contributed by atoms with E-state index in [1.165, 1.54) is 17.7 Å². The molecule has 9 nitrogen and oxygen atoms in total. The fourth-order valence-electron chi connectivity index (χ4n) is 4.46. The fraction of sp³-hybridized carbons (Fsp3) is 0.219. The Hall–Kier alpha value is -4.38. The lowest BCUT2D eigenvalue weighted by Crippen LogP contribution is -2.23. The van der Waals surface area contributed by atoms with Gasteiger partial charge in [-0.05, 0) is 79.4 Å². The van der Waals surface area contributed by atoms with E-state index >= 15 is 0 Å². The van der Waals surface area contributed by atoms with E-state index in [0.717, 1.165) is 30.4 Å². The Morgan fingerprint density at radius 2 is 1.60 bits per heavy atom. The Morgan fingerprint density at radius 3 is 2.33 bits per heavy atom. The molecule has 216 valence electrons. The van der Waals surface area contributed by atoms with Crippen molar-refractivity contribution in [3.63, 3.8) is 0 Å². The van der Waals surface area contributed by atoms with Gasteiger partial charge in [0.05, 0.1) is 11.0 Å². The lowest BCUT2D eigenvalue weighted by Gasteiger charge is -2.12. The lowest BCUT2D eigenvalue weighted by atomic mass is 10.1. The van der Waals surface area contributed by atoms with Crippen LogP contribution in [0.1, 0.15) is 35.1 Å². The molecule has 0 aliphatic rings. The largest absolute Gasteiger partial charge is 0.387 e. The zero-order valence-corrected chi connectivity index (χ0v) is 23.9. The van der Waals surface area contributed by atoms with Crippen LogP contribution in [-0.4, -0.2) is 41.7 Å². The second-order valence-corrected chi connectivity index (χ2v) is 11.6. The van der Waals surface area contributed by atoms with E-state index in [1.807, 2.05) is 36.4 Å². The first kappa shape index (κ1) is 29.1. The molecule has 3 aromatic carbocycles. The summed E-state index contributed by atoms with van der Waals surface area (Å²) in [6.45, 7) is 1.09. The third kappa shape index (κ3) is 8.10. The summed E-state index contributed by atoms with van der Waals surface area (Å²) in [4.78, 5) is 8.63. The highest BCUT2D eigenvalue weighted by Crippen LogP contribution is 2.22. The molecule has 0 radical (unpaired) electrons. The minimum absolute atomic E-state index is 0.137. The van der Waals surface area contributed by atoms with E-state index < -0.39 is 16.1 Å². The van der Waals surface area contributed by atoms with Gasteiger partial charge in [-0.25, -0.2) is 8.42 Å². The Kier molecular flexibility index (Phi) is 9.70. The number of rotatable bonds is 14. The van der Waals surface area contributed by atoms with Crippen LogP contribution in [0.4, 0.5) is 5.69 Å². The maximum Gasteiger partial charge on any atom is 0.261 e. The number of sulfonamides is 1. The van der Waals surface area contributed by atoms with Crippen LogP contribution in [0.2, 0.25) is 0 Å². The molecule has 2 heterocycles. The molecule has 0 aliphatic carbocycles. The van der Waals surface area contributed by atoms with Gasteiger partial charge in [-0.1, -0.05) is 53.7 Å². The molecule has 5 aromatic rings. The van der Waals surface area contributed by atoms with Crippen molar-refractivity contribution in [3.8, 4) is 11.4 Å². The molecule has 5 rings (SSSR count). The number of nitrogens with one attached hydrogen (secondary N) is 2. The number of aromatic nitrogens is 3. The highest BCUT2D eigenvalue weighted by Gasteiger charge is 2.16. The number of nitrogens with zero attached hydrogens (tertiary/aromatic N) is 3. The normalized spacial score (nSPS) is 12.2. The summed E-state index contributed by atoms with van der Waals surface area (Å²) in [5, 5.41) is 17.5. The summed E-state index contributed by atoms with van der Waals surface area (Å²) in [5.74, 6) is 0.985. The average molecular weight is 584 g/mol. The van der Waals surface area contributed by atoms with Crippen molar-refractivity contribution in [2.75, 3.05) is 17.8 Å². The number of pyridine rings is 1. The van der Waals surface area contributed by atoms with Crippen molar-refractivity contribution in [1.29, 1.82) is 0 Å². The quantitative estimate of drug-likeness (QED) is 0.156. The van der Waals surface area contributed by atoms with Gasteiger partial charge in [0.25, 0.3) is 10.0 Å². The third-order valence-electron chi connectivity index (χ3n) is 6.79. The molecule has 10 heteroatoms. The molecule has 42 heavy (non-hydrogen) atoms. The smallest absolute Gasteiger partial charge is 0.261 e. The topological polar surface area (TPSA) is 130 Å². The van der Waals surface area contributed by atoms with E-state index in [9.17, 15) is 13.5 Å². The van der Waals surface area contributed by atoms with Crippen LogP contribution in [-0.2, 0) is 29.3 Å². The molecule has 0 saturated heterocycles. The van der Waals surface area contributed by atoms with Crippen LogP contribution in [0.3, 0.4) is 0 Å². The molecule has 0 amide bonds. The Morgan fingerprint density at radius 1 is 0.833 bits per heavy atom. The number of benzene rings is 3. The monoisotopic (exact) mass is 583 g/mol. The van der Waals surface area contributed by atoms with Gasteiger partial charge in [-0.15, -0.1) is 0 Å². The second kappa shape index (κ2) is 14.0. The Labute approximate surface area is 245 Å². The van der Waals surface area contributed by atoms with E-state index in [1.54, 1.807) is 42.7 Å². The van der Waals surface area contributed by atoms with Crippen LogP contribution < -0.4 is 10.0 Å². The minimum Gasteiger partial charge on any atom is -0.387 e. The zero-order valence-electron chi connectivity index (χ0n) is 23.1. The molecule has 1 atom stereocenters. The van der Waals surface area contributed by atoms with Gasteiger partial charge < -0.3 is 14.9 Å². The highest BCUT2D eigenvalue weighted by atomic mass is 32.2. The molecule has 0 bridgehead atoms. The molecule has 0 unspecified atom stereocenters. The van der Waals surface area contributed by atoms with Crippen LogP contribution in [0.5, 0.6) is 0 Å². The van der Waals surface area contributed by atoms with Crippen molar-refractivity contribution < 1.29 is 18.0 Å². The summed E-state index contributed by atoms with van der Waals surface area (Å²) in [7, 11) is -3.77. The van der Waals surface area contributed by atoms with E-state index in [0.29, 0.717) is 42.5 Å². The number of aliphatic hydroxyl groups is 1. The average Bonchev–Trinajstić information content (AvgIpc) is 3.50. The molecule has 2 aromatic heterocycles. The van der Waals surface area contributed by atoms with Crippen molar-refractivity contribution in [3.05, 3.63) is 126 Å². The van der Waals surface area contributed by atoms with E-state index in [2.05, 4.69) is 37.3 Å². The summed E-state index contributed by atoms with van der Waals surface area (Å²) in [6, 6.07) is 27.5. The molecule has 0 saturated carbocycles. The molecule has 0 aliphatic heterocycles. The minimum atomic E-state index is -3.77.